The third-order valence-corrected chi connectivity index (χ3v) is 4.32. The number of hydrogen-bond acceptors (Lipinski definition) is 2. The lowest BCUT2D eigenvalue weighted by molar-refractivity contribution is 0.0970. The van der Waals surface area contributed by atoms with Crippen LogP contribution in [0.2, 0.25) is 0 Å². The highest BCUT2D eigenvalue weighted by molar-refractivity contribution is 5.97. The second-order valence-electron chi connectivity index (χ2n) is 5.93. The summed E-state index contributed by atoms with van der Waals surface area (Å²) in [5.41, 5.74) is 4.53. The Morgan fingerprint density at radius 1 is 1.21 bits per heavy atom. The van der Waals surface area contributed by atoms with Crippen LogP contribution in [0.1, 0.15) is 52.7 Å². The summed E-state index contributed by atoms with van der Waals surface area (Å²) in [5, 5.41) is 3.41. The average molecular weight is 259 g/mol. The third-order valence-electron chi connectivity index (χ3n) is 4.32. The quantitative estimate of drug-likeness (QED) is 0.837. The SMILES string of the molecule is Cc1cc(C)c(C(=O)CCC2CCCNC2)cc1C. The lowest BCUT2D eigenvalue weighted by Gasteiger charge is -2.22. The molecule has 1 aliphatic rings. The van der Waals surface area contributed by atoms with E-state index >= 15 is 0 Å². The lowest BCUT2D eigenvalue weighted by Crippen LogP contribution is -2.30. The van der Waals surface area contributed by atoms with Gasteiger partial charge in [-0.25, -0.2) is 0 Å². The number of carbonyl (C=O) groups excluding carboxylic acids is 1. The third kappa shape index (κ3) is 3.66. The number of Topliss-reactive ketones (excluding diaryl/α,β-unsaturated/α-hetero) is 1. The Balaban J connectivity index is 1.97. The first-order chi connectivity index (χ1) is 9.08. The van der Waals surface area contributed by atoms with Gasteiger partial charge in [-0.2, -0.15) is 0 Å². The number of piperidine rings is 1. The number of rotatable bonds is 4. The number of benzene rings is 1. The molecule has 1 aliphatic heterocycles. The van der Waals surface area contributed by atoms with Gasteiger partial charge in [0.2, 0.25) is 0 Å². The van der Waals surface area contributed by atoms with Crippen molar-refractivity contribution in [1.82, 2.24) is 5.32 Å². The van der Waals surface area contributed by atoms with E-state index in [1.54, 1.807) is 0 Å². The topological polar surface area (TPSA) is 29.1 Å². The van der Waals surface area contributed by atoms with Crippen molar-refractivity contribution in [2.24, 2.45) is 5.92 Å². The molecule has 1 heterocycles. The molecule has 0 aliphatic carbocycles. The van der Waals surface area contributed by atoms with Crippen molar-refractivity contribution in [1.29, 1.82) is 0 Å². The summed E-state index contributed by atoms with van der Waals surface area (Å²) in [4.78, 5) is 12.4. The second-order valence-corrected chi connectivity index (χ2v) is 5.93. The van der Waals surface area contributed by atoms with Crippen LogP contribution in [0.15, 0.2) is 12.1 Å². The van der Waals surface area contributed by atoms with Crippen molar-refractivity contribution in [2.75, 3.05) is 13.1 Å². The van der Waals surface area contributed by atoms with Crippen molar-refractivity contribution in [3.05, 3.63) is 34.4 Å². The Bertz CT molecular complexity index is 459. The van der Waals surface area contributed by atoms with E-state index in [9.17, 15) is 4.79 Å². The van der Waals surface area contributed by atoms with Gasteiger partial charge in [0.1, 0.15) is 0 Å². The minimum atomic E-state index is 0.311. The monoisotopic (exact) mass is 259 g/mol. The summed E-state index contributed by atoms with van der Waals surface area (Å²) in [7, 11) is 0. The highest BCUT2D eigenvalue weighted by Gasteiger charge is 2.16. The van der Waals surface area contributed by atoms with Crippen LogP contribution in [0, 0.1) is 26.7 Å². The van der Waals surface area contributed by atoms with Gasteiger partial charge in [0.05, 0.1) is 0 Å². The molecule has 0 amide bonds. The summed E-state index contributed by atoms with van der Waals surface area (Å²) in [6.07, 6.45) is 4.24. The van der Waals surface area contributed by atoms with Gasteiger partial charge in [0.15, 0.2) is 5.78 Å². The van der Waals surface area contributed by atoms with Gasteiger partial charge in [-0.3, -0.25) is 4.79 Å². The molecule has 2 nitrogen and oxygen atoms in total. The van der Waals surface area contributed by atoms with Crippen LogP contribution in [0.3, 0.4) is 0 Å². The van der Waals surface area contributed by atoms with Gasteiger partial charge in [0.25, 0.3) is 0 Å². The molecular formula is C17H25NO. The first kappa shape index (κ1) is 14.3. The van der Waals surface area contributed by atoms with Crippen LogP contribution >= 0.6 is 0 Å². The van der Waals surface area contributed by atoms with E-state index < -0.39 is 0 Å². The number of hydrogen-bond donors (Lipinski definition) is 1. The summed E-state index contributed by atoms with van der Waals surface area (Å²) in [6, 6.07) is 4.19. The van der Waals surface area contributed by atoms with Gasteiger partial charge in [0, 0.05) is 12.0 Å². The van der Waals surface area contributed by atoms with Crippen LogP contribution in [-0.2, 0) is 0 Å². The smallest absolute Gasteiger partial charge is 0.163 e. The van der Waals surface area contributed by atoms with E-state index in [1.807, 2.05) is 6.92 Å². The standard InChI is InChI=1S/C17H25NO/c1-12-9-14(3)16(10-13(12)2)17(19)7-6-15-5-4-8-18-11-15/h9-10,15,18H,4-8,11H2,1-3H3. The molecule has 1 atom stereocenters. The van der Waals surface area contributed by atoms with Crippen molar-refractivity contribution < 1.29 is 4.79 Å². The molecule has 1 fully saturated rings. The Morgan fingerprint density at radius 2 is 1.95 bits per heavy atom. The Hall–Kier alpha value is -1.15. The molecule has 0 aromatic heterocycles. The second kappa shape index (κ2) is 6.33. The Morgan fingerprint density at radius 3 is 2.63 bits per heavy atom. The van der Waals surface area contributed by atoms with Crippen LogP contribution in [0.5, 0.6) is 0 Å². The molecule has 104 valence electrons. The molecule has 1 aromatic rings. The fourth-order valence-corrected chi connectivity index (χ4v) is 2.90. The predicted octanol–water partition coefficient (Wildman–Crippen LogP) is 3.57. The van der Waals surface area contributed by atoms with Crippen LogP contribution in [0.25, 0.3) is 0 Å². The van der Waals surface area contributed by atoms with Gasteiger partial charge in [-0.15, -0.1) is 0 Å². The normalized spacial score (nSPS) is 19.4. The first-order valence-electron chi connectivity index (χ1n) is 7.39. The summed E-state index contributed by atoms with van der Waals surface area (Å²) < 4.78 is 0. The van der Waals surface area contributed by atoms with E-state index in [-0.39, 0.29) is 0 Å². The molecule has 0 saturated carbocycles. The van der Waals surface area contributed by atoms with Crippen LogP contribution in [-0.4, -0.2) is 18.9 Å². The molecule has 19 heavy (non-hydrogen) atoms. The molecule has 1 aromatic carbocycles. The largest absolute Gasteiger partial charge is 0.316 e. The van der Waals surface area contributed by atoms with Gasteiger partial charge < -0.3 is 5.32 Å². The van der Waals surface area contributed by atoms with Crippen molar-refractivity contribution in [3.63, 3.8) is 0 Å². The summed E-state index contributed by atoms with van der Waals surface area (Å²) in [6.45, 7) is 8.45. The maximum absolute atomic E-state index is 12.4. The molecule has 0 spiro atoms. The fourth-order valence-electron chi connectivity index (χ4n) is 2.90. The number of ketones is 1. The van der Waals surface area contributed by atoms with E-state index in [4.69, 9.17) is 0 Å². The van der Waals surface area contributed by atoms with Crippen molar-refractivity contribution in [3.8, 4) is 0 Å². The molecule has 2 rings (SSSR count). The van der Waals surface area contributed by atoms with E-state index in [0.717, 1.165) is 30.6 Å². The fraction of sp³-hybridized carbons (Fsp3) is 0.588. The molecule has 2 heteroatoms. The van der Waals surface area contributed by atoms with Crippen molar-refractivity contribution >= 4 is 5.78 Å². The number of nitrogens with one attached hydrogen (secondary N) is 1. The highest BCUT2D eigenvalue weighted by atomic mass is 16.1. The minimum Gasteiger partial charge on any atom is -0.316 e. The molecule has 0 bridgehead atoms. The van der Waals surface area contributed by atoms with Crippen LogP contribution in [0.4, 0.5) is 0 Å². The molecule has 1 saturated heterocycles. The predicted molar refractivity (Wildman–Crippen MR) is 79.8 cm³/mol. The maximum atomic E-state index is 12.4. The summed E-state index contributed by atoms with van der Waals surface area (Å²) >= 11 is 0. The Kier molecular flexibility index (Phi) is 4.76. The maximum Gasteiger partial charge on any atom is 0.163 e. The first-order valence-corrected chi connectivity index (χ1v) is 7.39. The van der Waals surface area contributed by atoms with Gasteiger partial charge in [-0.1, -0.05) is 6.07 Å². The molecule has 1 N–H and O–H groups in total. The van der Waals surface area contributed by atoms with E-state index in [2.05, 4.69) is 31.3 Å². The molecular weight excluding hydrogens is 234 g/mol. The zero-order valence-electron chi connectivity index (χ0n) is 12.4. The summed E-state index contributed by atoms with van der Waals surface area (Å²) in [5.74, 6) is 0.996. The molecule has 1 unspecified atom stereocenters. The number of aryl methyl sites for hydroxylation is 3. The minimum absolute atomic E-state index is 0.311. The molecule has 0 radical (unpaired) electrons. The Labute approximate surface area is 116 Å². The number of carbonyl (C=O) groups is 1. The van der Waals surface area contributed by atoms with E-state index in [1.165, 1.54) is 24.0 Å². The van der Waals surface area contributed by atoms with Gasteiger partial charge >= 0.3 is 0 Å². The average Bonchev–Trinajstić information content (AvgIpc) is 2.41. The lowest BCUT2D eigenvalue weighted by atomic mass is 9.90. The zero-order valence-corrected chi connectivity index (χ0v) is 12.4. The highest BCUT2D eigenvalue weighted by Crippen LogP contribution is 2.21. The van der Waals surface area contributed by atoms with Crippen molar-refractivity contribution in [2.45, 2.75) is 46.5 Å². The van der Waals surface area contributed by atoms with E-state index in [0.29, 0.717) is 18.1 Å². The van der Waals surface area contributed by atoms with Gasteiger partial charge in [-0.05, 0) is 81.8 Å². The zero-order chi connectivity index (χ0) is 13.8. The van der Waals surface area contributed by atoms with Crippen LogP contribution < -0.4 is 5.32 Å².